The molecule has 0 atom stereocenters. The second-order valence-electron chi connectivity index (χ2n) is 3.68. The van der Waals surface area contributed by atoms with Crippen LogP contribution in [0.4, 0.5) is 0 Å². The largest absolute Gasteiger partial charge is 0.508 e. The maximum absolute atomic E-state index is 12.0. The van der Waals surface area contributed by atoms with E-state index < -0.39 is 10.1 Å². The molecule has 0 aliphatic carbocycles. The van der Waals surface area contributed by atoms with E-state index in [4.69, 9.17) is 14.0 Å². The Kier molecular flexibility index (Phi) is 3.62. The van der Waals surface area contributed by atoms with Crippen LogP contribution >= 0.6 is 0 Å². The van der Waals surface area contributed by atoms with Gasteiger partial charge in [0.2, 0.25) is 0 Å². The van der Waals surface area contributed by atoms with Crippen LogP contribution in [0, 0.1) is 0 Å². The van der Waals surface area contributed by atoms with Crippen molar-refractivity contribution in [2.75, 3.05) is 7.11 Å². The highest BCUT2D eigenvalue weighted by molar-refractivity contribution is 7.87. The van der Waals surface area contributed by atoms with Gasteiger partial charge in [-0.15, -0.1) is 0 Å². The summed E-state index contributed by atoms with van der Waals surface area (Å²) in [6.45, 7) is 0. The molecule has 5 nitrogen and oxygen atoms in total. The number of methoxy groups -OCH3 is 1. The third-order valence-corrected chi connectivity index (χ3v) is 3.64. The average molecular weight is 280 g/mol. The Morgan fingerprint density at radius 2 is 1.53 bits per heavy atom. The van der Waals surface area contributed by atoms with Gasteiger partial charge in [0.1, 0.15) is 10.6 Å². The number of phenolic OH excluding ortho intramolecular Hbond substituents is 1. The van der Waals surface area contributed by atoms with E-state index in [0.717, 1.165) is 0 Å². The lowest BCUT2D eigenvalue weighted by Gasteiger charge is -2.10. The Labute approximate surface area is 111 Å². The molecule has 2 aromatic rings. The average Bonchev–Trinajstić information content (AvgIpc) is 2.39. The zero-order chi connectivity index (χ0) is 13.9. The van der Waals surface area contributed by atoms with E-state index >= 15 is 0 Å². The van der Waals surface area contributed by atoms with Gasteiger partial charge in [-0.05, 0) is 36.4 Å². The van der Waals surface area contributed by atoms with Gasteiger partial charge in [-0.2, -0.15) is 8.42 Å². The summed E-state index contributed by atoms with van der Waals surface area (Å²) in [5.74, 6) is 0.416. The Bertz CT molecular complexity index is 662. The van der Waals surface area contributed by atoms with Crippen molar-refractivity contribution in [1.29, 1.82) is 0 Å². The zero-order valence-corrected chi connectivity index (χ0v) is 10.9. The first-order chi connectivity index (χ1) is 9.03. The Morgan fingerprint density at radius 3 is 2.11 bits per heavy atom. The molecule has 1 N–H and O–H groups in total. The molecular weight excluding hydrogens is 268 g/mol. The Morgan fingerprint density at radius 1 is 0.947 bits per heavy atom. The van der Waals surface area contributed by atoms with Crippen LogP contribution in [0.5, 0.6) is 17.2 Å². The minimum absolute atomic E-state index is 0.0174. The van der Waals surface area contributed by atoms with Gasteiger partial charge < -0.3 is 14.0 Å². The molecular formula is C13H12O5S. The van der Waals surface area contributed by atoms with Crippen molar-refractivity contribution in [3.05, 3.63) is 48.5 Å². The summed E-state index contributed by atoms with van der Waals surface area (Å²) in [6.07, 6.45) is 0. The second kappa shape index (κ2) is 5.19. The fourth-order valence-corrected chi connectivity index (χ4v) is 2.41. The van der Waals surface area contributed by atoms with Gasteiger partial charge in [-0.25, -0.2) is 0 Å². The van der Waals surface area contributed by atoms with E-state index in [-0.39, 0.29) is 16.4 Å². The monoisotopic (exact) mass is 280 g/mol. The highest BCUT2D eigenvalue weighted by Crippen LogP contribution is 2.29. The number of hydrogen-bond acceptors (Lipinski definition) is 5. The summed E-state index contributed by atoms with van der Waals surface area (Å²) < 4.78 is 34.1. The summed E-state index contributed by atoms with van der Waals surface area (Å²) in [7, 11) is -2.53. The molecule has 2 aromatic carbocycles. The van der Waals surface area contributed by atoms with Crippen molar-refractivity contribution in [3.8, 4) is 17.2 Å². The van der Waals surface area contributed by atoms with Crippen molar-refractivity contribution >= 4 is 10.1 Å². The lowest BCUT2D eigenvalue weighted by molar-refractivity contribution is 0.390. The predicted octanol–water partition coefficient (Wildman–Crippen LogP) is 2.17. The van der Waals surface area contributed by atoms with Crippen LogP contribution in [0.1, 0.15) is 0 Å². The minimum Gasteiger partial charge on any atom is -0.508 e. The fraction of sp³-hybridized carbons (Fsp3) is 0.0769. The molecule has 0 saturated heterocycles. The Balaban J connectivity index is 2.34. The van der Waals surface area contributed by atoms with Crippen LogP contribution < -0.4 is 8.92 Å². The first kappa shape index (κ1) is 13.2. The SMILES string of the molecule is COc1ccccc1OS(=O)(=O)c1ccc(O)cc1. The minimum atomic E-state index is -3.95. The van der Waals surface area contributed by atoms with Crippen LogP contribution in [-0.4, -0.2) is 20.6 Å². The van der Waals surface area contributed by atoms with Gasteiger partial charge in [0.15, 0.2) is 11.5 Å². The fourth-order valence-electron chi connectivity index (χ4n) is 1.47. The van der Waals surface area contributed by atoms with Gasteiger partial charge >= 0.3 is 10.1 Å². The molecule has 2 rings (SSSR count). The molecule has 6 heteroatoms. The first-order valence-corrected chi connectivity index (χ1v) is 6.80. The smallest absolute Gasteiger partial charge is 0.339 e. The predicted molar refractivity (Wildman–Crippen MR) is 68.9 cm³/mol. The van der Waals surface area contributed by atoms with Crippen molar-refractivity contribution in [2.24, 2.45) is 0 Å². The summed E-state index contributed by atoms with van der Waals surface area (Å²) >= 11 is 0. The third kappa shape index (κ3) is 2.97. The maximum Gasteiger partial charge on any atom is 0.339 e. The van der Waals surface area contributed by atoms with Crippen molar-refractivity contribution in [3.63, 3.8) is 0 Å². The molecule has 19 heavy (non-hydrogen) atoms. The van der Waals surface area contributed by atoms with Crippen LogP contribution in [-0.2, 0) is 10.1 Å². The van der Waals surface area contributed by atoms with Crippen LogP contribution in [0.15, 0.2) is 53.4 Å². The Hall–Kier alpha value is -2.21. The molecule has 0 radical (unpaired) electrons. The lowest BCUT2D eigenvalue weighted by atomic mass is 10.3. The topological polar surface area (TPSA) is 72.8 Å². The van der Waals surface area contributed by atoms with E-state index in [9.17, 15) is 8.42 Å². The first-order valence-electron chi connectivity index (χ1n) is 5.39. The number of benzene rings is 2. The van der Waals surface area contributed by atoms with Gasteiger partial charge in [-0.3, -0.25) is 0 Å². The van der Waals surface area contributed by atoms with E-state index in [0.29, 0.717) is 5.75 Å². The van der Waals surface area contributed by atoms with Crippen LogP contribution in [0.25, 0.3) is 0 Å². The van der Waals surface area contributed by atoms with Crippen molar-refractivity contribution in [1.82, 2.24) is 0 Å². The van der Waals surface area contributed by atoms with Crippen LogP contribution in [0.3, 0.4) is 0 Å². The highest BCUT2D eigenvalue weighted by Gasteiger charge is 2.18. The number of phenols is 1. The molecule has 100 valence electrons. The summed E-state index contributed by atoms with van der Waals surface area (Å²) in [5.41, 5.74) is 0. The third-order valence-electron chi connectivity index (χ3n) is 2.39. The molecule has 0 unspecified atom stereocenters. The lowest BCUT2D eigenvalue weighted by Crippen LogP contribution is -2.10. The summed E-state index contributed by atoms with van der Waals surface area (Å²) in [6, 6.07) is 11.5. The van der Waals surface area contributed by atoms with E-state index in [1.807, 2.05) is 0 Å². The van der Waals surface area contributed by atoms with Gasteiger partial charge in [0.25, 0.3) is 0 Å². The molecule has 0 saturated carbocycles. The van der Waals surface area contributed by atoms with Crippen molar-refractivity contribution in [2.45, 2.75) is 4.90 Å². The number of aromatic hydroxyl groups is 1. The number of rotatable bonds is 4. The van der Waals surface area contributed by atoms with E-state index in [2.05, 4.69) is 0 Å². The van der Waals surface area contributed by atoms with E-state index in [1.165, 1.54) is 37.4 Å². The molecule has 0 aromatic heterocycles. The van der Waals surface area contributed by atoms with Gasteiger partial charge in [0, 0.05) is 0 Å². The molecule has 0 heterocycles. The van der Waals surface area contributed by atoms with Crippen LogP contribution in [0.2, 0.25) is 0 Å². The number of hydrogen-bond donors (Lipinski definition) is 1. The molecule has 0 bridgehead atoms. The highest BCUT2D eigenvalue weighted by atomic mass is 32.2. The van der Waals surface area contributed by atoms with Crippen molar-refractivity contribution < 1.29 is 22.4 Å². The molecule has 0 aliphatic rings. The summed E-state index contributed by atoms with van der Waals surface area (Å²) in [5, 5.41) is 9.14. The molecule has 0 aliphatic heterocycles. The molecule has 0 amide bonds. The van der Waals surface area contributed by atoms with Gasteiger partial charge in [-0.1, -0.05) is 12.1 Å². The number of ether oxygens (including phenoxy) is 1. The standard InChI is InChI=1S/C13H12O5S/c1-17-12-4-2-3-5-13(12)18-19(15,16)11-8-6-10(14)7-9-11/h2-9,14H,1H3. The molecule has 0 spiro atoms. The normalized spacial score (nSPS) is 11.0. The maximum atomic E-state index is 12.0. The quantitative estimate of drug-likeness (QED) is 0.869. The van der Waals surface area contributed by atoms with Gasteiger partial charge in [0.05, 0.1) is 7.11 Å². The molecule has 0 fully saturated rings. The number of para-hydroxylation sites is 2. The zero-order valence-electron chi connectivity index (χ0n) is 10.1. The second-order valence-corrected chi connectivity index (χ2v) is 5.23. The summed E-state index contributed by atoms with van der Waals surface area (Å²) in [4.78, 5) is -0.0452. The van der Waals surface area contributed by atoms with E-state index in [1.54, 1.807) is 18.2 Å².